The van der Waals surface area contributed by atoms with Crippen LogP contribution >= 0.6 is 11.6 Å². The van der Waals surface area contributed by atoms with Gasteiger partial charge in [0.1, 0.15) is 0 Å². The third-order valence-corrected chi connectivity index (χ3v) is 3.03. The zero-order valence-electron chi connectivity index (χ0n) is 9.83. The Hall–Kier alpha value is -0.740. The van der Waals surface area contributed by atoms with Crippen LogP contribution in [0.3, 0.4) is 0 Å². The lowest BCUT2D eigenvalue weighted by Crippen LogP contribution is -2.13. The van der Waals surface area contributed by atoms with Gasteiger partial charge in [-0.1, -0.05) is 25.4 Å². The number of nitrogens with one attached hydrogen (secondary N) is 1. The van der Waals surface area contributed by atoms with Gasteiger partial charge in [0, 0.05) is 5.02 Å². The summed E-state index contributed by atoms with van der Waals surface area (Å²) in [7, 11) is -3.26. The summed E-state index contributed by atoms with van der Waals surface area (Å²) in [5, 5.41) is 0.625. The smallest absolute Gasteiger partial charge is 0.229 e. The molecule has 1 N–H and O–H groups in total. The number of halogens is 1. The molecule has 0 aliphatic heterocycles. The van der Waals surface area contributed by atoms with Gasteiger partial charge in [-0.3, -0.25) is 4.72 Å². The van der Waals surface area contributed by atoms with Crippen LogP contribution in [0.4, 0.5) is 5.69 Å². The van der Waals surface area contributed by atoms with Crippen LogP contribution in [0.2, 0.25) is 5.02 Å². The van der Waals surface area contributed by atoms with Gasteiger partial charge in [-0.25, -0.2) is 8.42 Å². The summed E-state index contributed by atoms with van der Waals surface area (Å²) in [4.78, 5) is 0. The average Bonchev–Trinajstić information content (AvgIpc) is 2.07. The summed E-state index contributed by atoms with van der Waals surface area (Å²) in [6.07, 6.45) is 1.14. The highest BCUT2D eigenvalue weighted by Gasteiger charge is 2.13. The van der Waals surface area contributed by atoms with Crippen molar-refractivity contribution in [1.82, 2.24) is 0 Å². The molecule has 0 saturated carbocycles. The van der Waals surface area contributed by atoms with Crippen LogP contribution < -0.4 is 4.72 Å². The first-order valence-electron chi connectivity index (χ1n) is 4.98. The molecule has 0 saturated heterocycles. The molecule has 0 heterocycles. The summed E-state index contributed by atoms with van der Waals surface area (Å²) in [5.74, 6) is 0.210. The van der Waals surface area contributed by atoms with Crippen molar-refractivity contribution in [3.05, 3.63) is 28.3 Å². The Kier molecular flexibility index (Phi) is 3.86. The summed E-state index contributed by atoms with van der Waals surface area (Å²) in [6, 6.07) is 3.55. The SMILES string of the molecule is Cc1cc(Cl)cc(C(C)C)c1NS(C)(=O)=O. The lowest BCUT2D eigenvalue weighted by molar-refractivity contribution is 0.606. The molecule has 0 bridgehead atoms. The summed E-state index contributed by atoms with van der Waals surface area (Å²) in [5.41, 5.74) is 2.39. The third kappa shape index (κ3) is 3.39. The minimum Gasteiger partial charge on any atom is -0.283 e. The van der Waals surface area contributed by atoms with E-state index in [1.807, 2.05) is 20.8 Å². The fourth-order valence-electron chi connectivity index (χ4n) is 1.55. The van der Waals surface area contributed by atoms with Gasteiger partial charge in [-0.05, 0) is 36.1 Å². The molecule has 5 heteroatoms. The standard InChI is InChI=1S/C11H16ClNO2S/c1-7(2)10-6-9(12)5-8(3)11(10)13-16(4,14)15/h5-7,13H,1-4H3. The predicted molar refractivity (Wildman–Crippen MR) is 68.7 cm³/mol. The Morgan fingerprint density at radius 1 is 1.31 bits per heavy atom. The van der Waals surface area contributed by atoms with Crippen LogP contribution in [0.15, 0.2) is 12.1 Å². The number of anilines is 1. The molecular weight excluding hydrogens is 246 g/mol. The highest BCUT2D eigenvalue weighted by molar-refractivity contribution is 7.92. The predicted octanol–water partition coefficient (Wildman–Crippen LogP) is 3.14. The lowest BCUT2D eigenvalue weighted by Gasteiger charge is -2.16. The Labute approximate surface area is 102 Å². The van der Waals surface area contributed by atoms with Crippen molar-refractivity contribution in [2.75, 3.05) is 11.0 Å². The van der Waals surface area contributed by atoms with E-state index in [-0.39, 0.29) is 5.92 Å². The van der Waals surface area contributed by atoms with E-state index in [2.05, 4.69) is 4.72 Å². The topological polar surface area (TPSA) is 46.2 Å². The quantitative estimate of drug-likeness (QED) is 0.909. The van der Waals surface area contributed by atoms with Gasteiger partial charge in [-0.2, -0.15) is 0 Å². The molecule has 0 aliphatic carbocycles. The molecule has 0 fully saturated rings. The van der Waals surface area contributed by atoms with Crippen LogP contribution in [-0.4, -0.2) is 14.7 Å². The molecule has 90 valence electrons. The first kappa shape index (κ1) is 13.3. The number of benzene rings is 1. The highest BCUT2D eigenvalue weighted by Crippen LogP contribution is 2.31. The molecule has 1 aromatic rings. The minimum absolute atomic E-state index is 0.210. The van der Waals surface area contributed by atoms with Crippen molar-refractivity contribution in [2.24, 2.45) is 0 Å². The van der Waals surface area contributed by atoms with Crippen LogP contribution in [0.1, 0.15) is 30.9 Å². The van der Waals surface area contributed by atoms with E-state index in [9.17, 15) is 8.42 Å². The Balaban J connectivity index is 3.36. The Morgan fingerprint density at radius 3 is 2.31 bits per heavy atom. The molecule has 0 aliphatic rings. The van der Waals surface area contributed by atoms with Gasteiger partial charge in [0.25, 0.3) is 0 Å². The van der Waals surface area contributed by atoms with Gasteiger partial charge >= 0.3 is 0 Å². The Morgan fingerprint density at radius 2 is 1.88 bits per heavy atom. The van der Waals surface area contributed by atoms with Crippen molar-refractivity contribution in [3.8, 4) is 0 Å². The number of hydrogen-bond donors (Lipinski definition) is 1. The number of hydrogen-bond acceptors (Lipinski definition) is 2. The zero-order valence-corrected chi connectivity index (χ0v) is 11.4. The second-order valence-corrected chi connectivity index (χ2v) is 6.40. The van der Waals surface area contributed by atoms with E-state index in [0.717, 1.165) is 17.4 Å². The third-order valence-electron chi connectivity index (χ3n) is 2.24. The van der Waals surface area contributed by atoms with E-state index in [1.54, 1.807) is 12.1 Å². The second kappa shape index (κ2) is 4.63. The average molecular weight is 262 g/mol. The summed E-state index contributed by atoms with van der Waals surface area (Å²) >= 11 is 5.96. The molecule has 1 aromatic carbocycles. The van der Waals surface area contributed by atoms with Crippen molar-refractivity contribution in [3.63, 3.8) is 0 Å². The summed E-state index contributed by atoms with van der Waals surface area (Å²) < 4.78 is 25.1. The minimum atomic E-state index is -3.26. The molecule has 3 nitrogen and oxygen atoms in total. The molecule has 16 heavy (non-hydrogen) atoms. The maximum atomic E-state index is 11.3. The van der Waals surface area contributed by atoms with Gasteiger partial charge in [0.05, 0.1) is 11.9 Å². The normalized spacial score (nSPS) is 11.9. The number of rotatable bonds is 3. The molecular formula is C11H16ClNO2S. The molecule has 0 amide bonds. The lowest BCUT2D eigenvalue weighted by atomic mass is 9.99. The van der Waals surface area contributed by atoms with E-state index in [0.29, 0.717) is 10.7 Å². The second-order valence-electron chi connectivity index (χ2n) is 4.22. The fourth-order valence-corrected chi connectivity index (χ4v) is 2.48. The van der Waals surface area contributed by atoms with E-state index in [1.165, 1.54) is 0 Å². The van der Waals surface area contributed by atoms with Crippen molar-refractivity contribution in [2.45, 2.75) is 26.7 Å². The van der Waals surface area contributed by atoms with Crippen LogP contribution in [-0.2, 0) is 10.0 Å². The van der Waals surface area contributed by atoms with E-state index in [4.69, 9.17) is 11.6 Å². The van der Waals surface area contributed by atoms with Gasteiger partial charge in [0.15, 0.2) is 0 Å². The van der Waals surface area contributed by atoms with Gasteiger partial charge < -0.3 is 0 Å². The Bertz CT molecular complexity index is 495. The molecule has 0 radical (unpaired) electrons. The fraction of sp³-hybridized carbons (Fsp3) is 0.455. The first-order chi connectivity index (χ1) is 7.20. The van der Waals surface area contributed by atoms with Crippen molar-refractivity contribution < 1.29 is 8.42 Å². The van der Waals surface area contributed by atoms with Gasteiger partial charge in [0.2, 0.25) is 10.0 Å². The van der Waals surface area contributed by atoms with Crippen LogP contribution in [0.25, 0.3) is 0 Å². The van der Waals surface area contributed by atoms with Crippen molar-refractivity contribution in [1.29, 1.82) is 0 Å². The maximum absolute atomic E-state index is 11.3. The molecule has 0 unspecified atom stereocenters. The zero-order chi connectivity index (χ0) is 12.5. The largest absolute Gasteiger partial charge is 0.283 e. The maximum Gasteiger partial charge on any atom is 0.229 e. The highest BCUT2D eigenvalue weighted by atomic mass is 35.5. The molecule has 0 atom stereocenters. The number of sulfonamides is 1. The molecule has 1 rings (SSSR count). The van der Waals surface area contributed by atoms with E-state index < -0.39 is 10.0 Å². The summed E-state index contributed by atoms with van der Waals surface area (Å²) in [6.45, 7) is 5.84. The van der Waals surface area contributed by atoms with E-state index >= 15 is 0 Å². The molecule has 0 spiro atoms. The monoisotopic (exact) mass is 261 g/mol. The van der Waals surface area contributed by atoms with Gasteiger partial charge in [-0.15, -0.1) is 0 Å². The van der Waals surface area contributed by atoms with Crippen LogP contribution in [0.5, 0.6) is 0 Å². The first-order valence-corrected chi connectivity index (χ1v) is 7.25. The number of aryl methyl sites for hydroxylation is 1. The van der Waals surface area contributed by atoms with Crippen LogP contribution in [0, 0.1) is 6.92 Å². The van der Waals surface area contributed by atoms with Crippen molar-refractivity contribution >= 4 is 27.3 Å². The molecule has 0 aromatic heterocycles.